The van der Waals surface area contributed by atoms with E-state index in [-0.39, 0.29) is 0 Å². The largest absolute Gasteiger partial charge is 0.493 e. The third-order valence-corrected chi connectivity index (χ3v) is 3.78. The average molecular weight is 263 g/mol. The molecule has 0 saturated heterocycles. The van der Waals surface area contributed by atoms with Gasteiger partial charge in [0.25, 0.3) is 0 Å². The van der Waals surface area contributed by atoms with Crippen molar-refractivity contribution in [2.24, 2.45) is 0 Å². The number of methoxy groups -OCH3 is 1. The molecule has 1 N–H and O–H groups in total. The van der Waals surface area contributed by atoms with Crippen molar-refractivity contribution in [1.82, 2.24) is 5.32 Å². The van der Waals surface area contributed by atoms with Crippen molar-refractivity contribution >= 4 is 0 Å². The number of hydrogen-bond donors (Lipinski definition) is 1. The molecule has 0 spiro atoms. The van der Waals surface area contributed by atoms with Gasteiger partial charge in [-0.1, -0.05) is 25.8 Å². The second kappa shape index (κ2) is 7.39. The van der Waals surface area contributed by atoms with Gasteiger partial charge in [-0.05, 0) is 37.0 Å². The smallest absolute Gasteiger partial charge is 0.161 e. The first kappa shape index (κ1) is 14.2. The topological polar surface area (TPSA) is 30.5 Å². The zero-order chi connectivity index (χ0) is 13.5. The number of hydrogen-bond acceptors (Lipinski definition) is 3. The molecule has 1 aromatic rings. The first-order chi connectivity index (χ1) is 9.33. The summed E-state index contributed by atoms with van der Waals surface area (Å²) in [5.74, 6) is 1.67. The average Bonchev–Trinajstić information content (AvgIpc) is 2.96. The van der Waals surface area contributed by atoms with Gasteiger partial charge in [0.15, 0.2) is 11.5 Å². The van der Waals surface area contributed by atoms with Crippen molar-refractivity contribution in [3.63, 3.8) is 0 Å². The molecule has 0 heterocycles. The molecule has 0 amide bonds. The lowest BCUT2D eigenvalue weighted by atomic mass is 10.1. The van der Waals surface area contributed by atoms with Crippen molar-refractivity contribution in [1.29, 1.82) is 0 Å². The van der Waals surface area contributed by atoms with Crippen molar-refractivity contribution in [2.75, 3.05) is 20.3 Å². The van der Waals surface area contributed by atoms with E-state index in [1.807, 2.05) is 6.07 Å². The van der Waals surface area contributed by atoms with E-state index in [0.29, 0.717) is 12.6 Å². The van der Waals surface area contributed by atoms with E-state index in [2.05, 4.69) is 24.4 Å². The van der Waals surface area contributed by atoms with Crippen LogP contribution in [-0.4, -0.2) is 26.3 Å². The molecular weight excluding hydrogens is 238 g/mol. The number of benzene rings is 1. The number of nitrogens with one attached hydrogen (secondary N) is 1. The maximum atomic E-state index is 5.80. The van der Waals surface area contributed by atoms with Crippen molar-refractivity contribution < 1.29 is 9.47 Å². The minimum absolute atomic E-state index is 0.693. The van der Waals surface area contributed by atoms with Crippen LogP contribution >= 0.6 is 0 Å². The van der Waals surface area contributed by atoms with E-state index in [9.17, 15) is 0 Å². The molecule has 19 heavy (non-hydrogen) atoms. The Morgan fingerprint density at radius 1 is 1.21 bits per heavy atom. The Kier molecular flexibility index (Phi) is 5.52. The Morgan fingerprint density at radius 2 is 2.00 bits per heavy atom. The van der Waals surface area contributed by atoms with Crippen molar-refractivity contribution in [3.05, 3.63) is 23.8 Å². The fourth-order valence-corrected chi connectivity index (χ4v) is 2.61. The summed E-state index contributed by atoms with van der Waals surface area (Å²) in [7, 11) is 1.69. The highest BCUT2D eigenvalue weighted by Crippen LogP contribution is 2.28. The summed E-state index contributed by atoms with van der Waals surface area (Å²) in [5.41, 5.74) is 1.27. The Hall–Kier alpha value is -1.22. The standard InChI is InChI=1S/C16H25NO2/c1-3-13-8-9-15(16(12-13)18-2)19-11-10-17-14-6-4-5-7-14/h8-9,12,14,17H,3-7,10-11H2,1-2H3. The molecule has 0 radical (unpaired) electrons. The fraction of sp³-hybridized carbons (Fsp3) is 0.625. The maximum Gasteiger partial charge on any atom is 0.161 e. The summed E-state index contributed by atoms with van der Waals surface area (Å²) in [6.45, 7) is 3.74. The molecular formula is C16H25NO2. The summed E-state index contributed by atoms with van der Waals surface area (Å²) in [6, 6.07) is 6.86. The molecule has 1 aromatic carbocycles. The molecule has 106 valence electrons. The summed E-state index contributed by atoms with van der Waals surface area (Å²) >= 11 is 0. The third-order valence-electron chi connectivity index (χ3n) is 3.78. The molecule has 0 unspecified atom stereocenters. The zero-order valence-electron chi connectivity index (χ0n) is 12.1. The normalized spacial score (nSPS) is 15.7. The van der Waals surface area contributed by atoms with E-state index < -0.39 is 0 Å². The first-order valence-corrected chi connectivity index (χ1v) is 7.36. The fourth-order valence-electron chi connectivity index (χ4n) is 2.61. The number of rotatable bonds is 7. The molecule has 3 heteroatoms. The summed E-state index contributed by atoms with van der Waals surface area (Å²) in [6.07, 6.45) is 6.37. The minimum atomic E-state index is 0.693. The molecule has 0 bridgehead atoms. The van der Waals surface area contributed by atoms with Crippen LogP contribution < -0.4 is 14.8 Å². The van der Waals surface area contributed by atoms with E-state index in [1.54, 1.807) is 7.11 Å². The van der Waals surface area contributed by atoms with Crippen LogP contribution in [0.2, 0.25) is 0 Å². The van der Waals surface area contributed by atoms with Crippen LogP contribution in [0.3, 0.4) is 0 Å². The minimum Gasteiger partial charge on any atom is -0.493 e. The van der Waals surface area contributed by atoms with E-state index in [0.717, 1.165) is 24.5 Å². The van der Waals surface area contributed by atoms with Gasteiger partial charge < -0.3 is 14.8 Å². The lowest BCUT2D eigenvalue weighted by Gasteiger charge is -2.14. The van der Waals surface area contributed by atoms with E-state index in [1.165, 1.54) is 31.2 Å². The van der Waals surface area contributed by atoms with E-state index >= 15 is 0 Å². The molecule has 3 nitrogen and oxygen atoms in total. The van der Waals surface area contributed by atoms with Crippen LogP contribution in [0.1, 0.15) is 38.2 Å². The SMILES string of the molecule is CCc1ccc(OCCNC2CCCC2)c(OC)c1. The van der Waals surface area contributed by atoms with Gasteiger partial charge in [0.2, 0.25) is 0 Å². The van der Waals surface area contributed by atoms with Gasteiger partial charge in [-0.15, -0.1) is 0 Å². The molecule has 1 aliphatic rings. The van der Waals surface area contributed by atoms with Gasteiger partial charge in [0.1, 0.15) is 6.61 Å². The van der Waals surface area contributed by atoms with Gasteiger partial charge in [-0.25, -0.2) is 0 Å². The zero-order valence-corrected chi connectivity index (χ0v) is 12.1. The predicted octanol–water partition coefficient (Wildman–Crippen LogP) is 3.17. The van der Waals surface area contributed by atoms with Gasteiger partial charge in [-0.3, -0.25) is 0 Å². The van der Waals surface area contributed by atoms with Crippen LogP contribution in [0.15, 0.2) is 18.2 Å². The van der Waals surface area contributed by atoms with Crippen molar-refractivity contribution in [3.8, 4) is 11.5 Å². The lowest BCUT2D eigenvalue weighted by molar-refractivity contribution is 0.286. The Morgan fingerprint density at radius 3 is 2.68 bits per heavy atom. The molecule has 1 aliphatic carbocycles. The van der Waals surface area contributed by atoms with Gasteiger partial charge in [0, 0.05) is 12.6 Å². The Labute approximate surface area is 116 Å². The Bertz CT molecular complexity index is 386. The molecule has 1 fully saturated rings. The maximum absolute atomic E-state index is 5.80. The molecule has 1 saturated carbocycles. The van der Waals surface area contributed by atoms with Gasteiger partial charge in [0.05, 0.1) is 7.11 Å². The number of ether oxygens (including phenoxy) is 2. The van der Waals surface area contributed by atoms with Gasteiger partial charge >= 0.3 is 0 Å². The quantitative estimate of drug-likeness (QED) is 0.766. The number of aryl methyl sites for hydroxylation is 1. The highest BCUT2D eigenvalue weighted by molar-refractivity contribution is 5.42. The second-order valence-corrected chi connectivity index (χ2v) is 5.12. The van der Waals surface area contributed by atoms with Crippen LogP contribution in [0.5, 0.6) is 11.5 Å². The molecule has 0 atom stereocenters. The van der Waals surface area contributed by atoms with E-state index in [4.69, 9.17) is 9.47 Å². The Balaban J connectivity index is 1.78. The first-order valence-electron chi connectivity index (χ1n) is 7.36. The van der Waals surface area contributed by atoms with Crippen LogP contribution in [-0.2, 0) is 6.42 Å². The van der Waals surface area contributed by atoms with Crippen LogP contribution in [0.25, 0.3) is 0 Å². The summed E-state index contributed by atoms with van der Waals surface area (Å²) in [5, 5.41) is 3.55. The van der Waals surface area contributed by atoms with Crippen molar-refractivity contribution in [2.45, 2.75) is 45.1 Å². The summed E-state index contributed by atoms with van der Waals surface area (Å²) < 4.78 is 11.2. The lowest BCUT2D eigenvalue weighted by Crippen LogP contribution is -2.30. The highest BCUT2D eigenvalue weighted by Gasteiger charge is 2.13. The predicted molar refractivity (Wildman–Crippen MR) is 78.1 cm³/mol. The highest BCUT2D eigenvalue weighted by atomic mass is 16.5. The third kappa shape index (κ3) is 4.13. The van der Waals surface area contributed by atoms with Crippen LogP contribution in [0, 0.1) is 0 Å². The van der Waals surface area contributed by atoms with Crippen LogP contribution in [0.4, 0.5) is 0 Å². The second-order valence-electron chi connectivity index (χ2n) is 5.12. The molecule has 0 aromatic heterocycles. The molecule has 0 aliphatic heterocycles. The molecule has 2 rings (SSSR count). The van der Waals surface area contributed by atoms with Gasteiger partial charge in [-0.2, -0.15) is 0 Å². The monoisotopic (exact) mass is 263 g/mol. The summed E-state index contributed by atoms with van der Waals surface area (Å²) in [4.78, 5) is 0.